The van der Waals surface area contributed by atoms with Gasteiger partial charge in [-0.15, -0.1) is 0 Å². The lowest BCUT2D eigenvalue weighted by molar-refractivity contribution is -0.181. The van der Waals surface area contributed by atoms with Gasteiger partial charge in [-0.05, 0) is 19.1 Å². The molecule has 2 aliphatic rings. The van der Waals surface area contributed by atoms with Gasteiger partial charge >= 0.3 is 6.03 Å². The van der Waals surface area contributed by atoms with Gasteiger partial charge in [0, 0.05) is 25.9 Å². The summed E-state index contributed by atoms with van der Waals surface area (Å²) in [5, 5.41) is 2.89. The predicted octanol–water partition coefficient (Wildman–Crippen LogP) is 1.92. The van der Waals surface area contributed by atoms with Crippen molar-refractivity contribution in [2.24, 2.45) is 0 Å². The highest BCUT2D eigenvalue weighted by atomic mass is 16.7. The summed E-state index contributed by atoms with van der Waals surface area (Å²) < 4.78 is 16.9. The molecule has 2 amide bonds. The maximum Gasteiger partial charge on any atom is 0.317 e. The molecular weight excluding hydrogens is 296 g/mol. The number of likely N-dealkylation sites (tertiary alicyclic amines) is 1. The zero-order chi connectivity index (χ0) is 16.1. The first-order valence-corrected chi connectivity index (χ1v) is 8.17. The second kappa shape index (κ2) is 7.19. The number of carbonyl (C=O) groups excluding carboxylic acids is 1. The van der Waals surface area contributed by atoms with Crippen LogP contribution < -0.4 is 10.1 Å². The number of ether oxygens (including phenoxy) is 3. The molecule has 2 saturated heterocycles. The van der Waals surface area contributed by atoms with Gasteiger partial charge in [-0.25, -0.2) is 4.79 Å². The second-order valence-electron chi connectivity index (χ2n) is 5.99. The molecule has 2 aliphatic heterocycles. The Morgan fingerprint density at radius 3 is 2.52 bits per heavy atom. The fourth-order valence-corrected chi connectivity index (χ4v) is 2.91. The Morgan fingerprint density at radius 2 is 1.87 bits per heavy atom. The van der Waals surface area contributed by atoms with Crippen molar-refractivity contribution in [3.05, 3.63) is 29.8 Å². The molecule has 0 unspecified atom stereocenters. The van der Waals surface area contributed by atoms with Crippen LogP contribution in [0.3, 0.4) is 0 Å². The van der Waals surface area contributed by atoms with Crippen molar-refractivity contribution in [1.29, 1.82) is 0 Å². The molecule has 0 bridgehead atoms. The highest BCUT2D eigenvalue weighted by Crippen LogP contribution is 2.31. The van der Waals surface area contributed by atoms with E-state index in [2.05, 4.69) is 5.32 Å². The molecule has 1 spiro atoms. The fraction of sp³-hybridized carbons (Fsp3) is 0.588. The van der Waals surface area contributed by atoms with Crippen LogP contribution in [-0.4, -0.2) is 56.2 Å². The van der Waals surface area contributed by atoms with Crippen LogP contribution in [0.4, 0.5) is 4.79 Å². The molecule has 0 saturated carbocycles. The Bertz CT molecular complexity index is 516. The number of nitrogens with one attached hydrogen (secondary N) is 1. The Balaban J connectivity index is 1.34. The lowest BCUT2D eigenvalue weighted by Crippen LogP contribution is -2.50. The fourth-order valence-electron chi connectivity index (χ4n) is 2.91. The summed E-state index contributed by atoms with van der Waals surface area (Å²) in [6.45, 7) is 5.61. The Labute approximate surface area is 136 Å². The highest BCUT2D eigenvalue weighted by Gasteiger charge is 2.40. The summed E-state index contributed by atoms with van der Waals surface area (Å²) in [5.74, 6) is 0.381. The van der Waals surface area contributed by atoms with Gasteiger partial charge in [0.25, 0.3) is 0 Å². The van der Waals surface area contributed by atoms with E-state index >= 15 is 0 Å². The third-order valence-electron chi connectivity index (χ3n) is 4.29. The van der Waals surface area contributed by atoms with Crippen LogP contribution in [0.2, 0.25) is 0 Å². The average Bonchev–Trinajstić information content (AvgIpc) is 3.02. The average molecular weight is 320 g/mol. The van der Waals surface area contributed by atoms with Crippen molar-refractivity contribution in [2.75, 3.05) is 39.5 Å². The minimum atomic E-state index is -0.439. The molecule has 3 rings (SSSR count). The monoisotopic (exact) mass is 320 g/mol. The standard InChI is InChI=1S/C17H24N2O4/c1-14-2-4-15(5-3-14)21-11-8-18-16(20)19-9-6-17(7-10-19)22-12-13-23-17/h2-5H,6-13H2,1H3,(H,18,20). The SMILES string of the molecule is Cc1ccc(OCCNC(=O)N2CCC3(CC2)OCCO3)cc1. The van der Waals surface area contributed by atoms with E-state index in [0.717, 1.165) is 18.6 Å². The van der Waals surface area contributed by atoms with Crippen molar-refractivity contribution < 1.29 is 19.0 Å². The lowest BCUT2D eigenvalue weighted by atomic mass is 10.0. The predicted molar refractivity (Wildman–Crippen MR) is 85.5 cm³/mol. The van der Waals surface area contributed by atoms with E-state index in [-0.39, 0.29) is 6.03 Å². The number of aryl methyl sites for hydroxylation is 1. The van der Waals surface area contributed by atoms with E-state index in [9.17, 15) is 4.79 Å². The molecule has 6 nitrogen and oxygen atoms in total. The lowest BCUT2D eigenvalue weighted by Gasteiger charge is -2.37. The van der Waals surface area contributed by atoms with Crippen LogP contribution in [-0.2, 0) is 9.47 Å². The van der Waals surface area contributed by atoms with Crippen LogP contribution in [0.5, 0.6) is 5.75 Å². The smallest absolute Gasteiger partial charge is 0.317 e. The van der Waals surface area contributed by atoms with Gasteiger partial charge in [-0.2, -0.15) is 0 Å². The highest BCUT2D eigenvalue weighted by molar-refractivity contribution is 5.74. The first kappa shape index (κ1) is 16.1. The molecule has 2 heterocycles. The summed E-state index contributed by atoms with van der Waals surface area (Å²) in [6.07, 6.45) is 1.47. The zero-order valence-electron chi connectivity index (χ0n) is 13.5. The molecule has 23 heavy (non-hydrogen) atoms. The van der Waals surface area contributed by atoms with E-state index in [4.69, 9.17) is 14.2 Å². The Kier molecular flexibility index (Phi) is 5.03. The number of urea groups is 1. The van der Waals surface area contributed by atoms with Crippen molar-refractivity contribution in [3.8, 4) is 5.75 Å². The minimum absolute atomic E-state index is 0.0506. The van der Waals surface area contributed by atoms with Crippen LogP contribution in [0.25, 0.3) is 0 Å². The molecule has 1 aromatic rings. The van der Waals surface area contributed by atoms with Crippen LogP contribution in [0, 0.1) is 6.92 Å². The van der Waals surface area contributed by atoms with Crippen LogP contribution >= 0.6 is 0 Å². The van der Waals surface area contributed by atoms with Gasteiger partial charge in [0.05, 0.1) is 19.8 Å². The normalized spacial score (nSPS) is 19.8. The van der Waals surface area contributed by atoms with Crippen molar-refractivity contribution in [1.82, 2.24) is 10.2 Å². The number of hydrogen-bond acceptors (Lipinski definition) is 4. The zero-order valence-corrected chi connectivity index (χ0v) is 13.5. The minimum Gasteiger partial charge on any atom is -0.492 e. The van der Waals surface area contributed by atoms with Gasteiger partial charge in [-0.3, -0.25) is 0 Å². The Morgan fingerprint density at radius 1 is 1.22 bits per heavy atom. The Hall–Kier alpha value is -1.79. The first-order chi connectivity index (χ1) is 11.2. The maximum absolute atomic E-state index is 12.1. The van der Waals surface area contributed by atoms with Crippen LogP contribution in [0.15, 0.2) is 24.3 Å². The van der Waals surface area contributed by atoms with Crippen LogP contribution in [0.1, 0.15) is 18.4 Å². The summed E-state index contributed by atoms with van der Waals surface area (Å²) in [7, 11) is 0. The molecular formula is C17H24N2O4. The number of rotatable bonds is 4. The summed E-state index contributed by atoms with van der Waals surface area (Å²) in [4.78, 5) is 13.9. The molecule has 6 heteroatoms. The van der Waals surface area contributed by atoms with E-state index in [1.807, 2.05) is 36.1 Å². The second-order valence-corrected chi connectivity index (χ2v) is 5.99. The molecule has 0 aliphatic carbocycles. The number of piperidine rings is 1. The number of amides is 2. The molecule has 1 aromatic carbocycles. The van der Waals surface area contributed by atoms with Gasteiger partial charge in [0.15, 0.2) is 5.79 Å². The molecule has 0 atom stereocenters. The van der Waals surface area contributed by atoms with Crippen molar-refractivity contribution in [3.63, 3.8) is 0 Å². The number of nitrogens with zero attached hydrogens (tertiary/aromatic N) is 1. The summed E-state index contributed by atoms with van der Waals surface area (Å²) >= 11 is 0. The number of hydrogen-bond donors (Lipinski definition) is 1. The number of carbonyl (C=O) groups is 1. The van der Waals surface area contributed by atoms with Crippen molar-refractivity contribution in [2.45, 2.75) is 25.6 Å². The van der Waals surface area contributed by atoms with Gasteiger partial charge in [0.2, 0.25) is 0 Å². The third kappa shape index (κ3) is 4.14. The van der Waals surface area contributed by atoms with E-state index in [0.29, 0.717) is 39.5 Å². The maximum atomic E-state index is 12.1. The molecule has 1 N–H and O–H groups in total. The van der Waals surface area contributed by atoms with E-state index in [1.54, 1.807) is 0 Å². The third-order valence-corrected chi connectivity index (χ3v) is 4.29. The number of benzene rings is 1. The van der Waals surface area contributed by atoms with Gasteiger partial charge < -0.3 is 24.4 Å². The summed E-state index contributed by atoms with van der Waals surface area (Å²) in [5.41, 5.74) is 1.20. The quantitative estimate of drug-likeness (QED) is 0.861. The molecule has 0 aromatic heterocycles. The first-order valence-electron chi connectivity index (χ1n) is 8.17. The summed E-state index contributed by atoms with van der Waals surface area (Å²) in [6, 6.07) is 7.83. The largest absolute Gasteiger partial charge is 0.492 e. The topological polar surface area (TPSA) is 60.0 Å². The molecule has 126 valence electrons. The van der Waals surface area contributed by atoms with Gasteiger partial charge in [-0.1, -0.05) is 17.7 Å². The van der Waals surface area contributed by atoms with E-state index in [1.165, 1.54) is 5.56 Å². The van der Waals surface area contributed by atoms with Gasteiger partial charge in [0.1, 0.15) is 12.4 Å². The van der Waals surface area contributed by atoms with E-state index < -0.39 is 5.79 Å². The van der Waals surface area contributed by atoms with Crippen molar-refractivity contribution >= 4 is 6.03 Å². The molecule has 0 radical (unpaired) electrons. The molecule has 2 fully saturated rings.